The second kappa shape index (κ2) is 8.84. The molecule has 2 aliphatic rings. The van der Waals surface area contributed by atoms with E-state index < -0.39 is 0 Å². The third kappa shape index (κ3) is 4.94. The minimum absolute atomic E-state index is 0.0607. The van der Waals surface area contributed by atoms with Crippen LogP contribution in [0, 0.1) is 11.3 Å². The van der Waals surface area contributed by atoms with E-state index in [1.54, 1.807) is 0 Å². The first-order chi connectivity index (χ1) is 12.3. The quantitative estimate of drug-likeness (QED) is 0.789. The number of nitriles is 1. The zero-order valence-corrected chi connectivity index (χ0v) is 14.5. The molecule has 2 aliphatic heterocycles. The molecule has 1 atom stereocenters. The highest BCUT2D eigenvalue weighted by molar-refractivity contribution is 5.94. The second-order valence-corrected chi connectivity index (χ2v) is 6.51. The van der Waals surface area contributed by atoms with Gasteiger partial charge in [-0.3, -0.25) is 9.69 Å². The summed E-state index contributed by atoms with van der Waals surface area (Å²) in [6.45, 7) is 5.26. The molecule has 2 heterocycles. The zero-order valence-electron chi connectivity index (χ0n) is 14.5. The molecule has 0 N–H and O–H groups in total. The fourth-order valence-corrected chi connectivity index (χ4v) is 3.22. The highest BCUT2D eigenvalue weighted by atomic mass is 16.5. The average molecular weight is 343 g/mol. The molecule has 0 spiro atoms. The van der Waals surface area contributed by atoms with Crippen LogP contribution in [0.5, 0.6) is 5.75 Å². The maximum absolute atomic E-state index is 12.6. The Morgan fingerprint density at radius 1 is 1.24 bits per heavy atom. The standard InChI is InChI=1S/C19H25N3O3/c20-8-2-9-21-10-12-22(13-11-21)19(23)16-4-6-17(7-5-16)25-15-18-3-1-14-24-18/h4-7,18H,1-3,9-15H2. The van der Waals surface area contributed by atoms with Crippen molar-refractivity contribution in [3.63, 3.8) is 0 Å². The molecule has 2 saturated heterocycles. The first-order valence-electron chi connectivity index (χ1n) is 8.99. The normalized spacial score (nSPS) is 21.1. The lowest BCUT2D eigenvalue weighted by Gasteiger charge is -2.34. The molecule has 6 nitrogen and oxygen atoms in total. The van der Waals surface area contributed by atoms with Gasteiger partial charge in [-0.25, -0.2) is 0 Å². The van der Waals surface area contributed by atoms with Crippen LogP contribution in [0.25, 0.3) is 0 Å². The molecule has 0 aromatic heterocycles. The second-order valence-electron chi connectivity index (χ2n) is 6.51. The zero-order chi connectivity index (χ0) is 17.5. The van der Waals surface area contributed by atoms with Gasteiger partial charge in [-0.05, 0) is 37.1 Å². The van der Waals surface area contributed by atoms with Gasteiger partial charge in [0.2, 0.25) is 0 Å². The molecule has 0 radical (unpaired) electrons. The molecule has 2 fully saturated rings. The lowest BCUT2D eigenvalue weighted by Crippen LogP contribution is -2.48. The van der Waals surface area contributed by atoms with Crippen LogP contribution in [0.2, 0.25) is 0 Å². The third-order valence-corrected chi connectivity index (χ3v) is 4.76. The third-order valence-electron chi connectivity index (χ3n) is 4.76. The highest BCUT2D eigenvalue weighted by Gasteiger charge is 2.22. The van der Waals surface area contributed by atoms with Crippen LogP contribution >= 0.6 is 0 Å². The molecule has 1 unspecified atom stereocenters. The summed E-state index contributed by atoms with van der Waals surface area (Å²) in [7, 11) is 0. The van der Waals surface area contributed by atoms with Crippen molar-refractivity contribution in [2.75, 3.05) is 45.9 Å². The smallest absolute Gasteiger partial charge is 0.253 e. The number of benzene rings is 1. The van der Waals surface area contributed by atoms with E-state index in [9.17, 15) is 4.79 Å². The van der Waals surface area contributed by atoms with Crippen LogP contribution in [0.4, 0.5) is 0 Å². The lowest BCUT2D eigenvalue weighted by atomic mass is 10.1. The van der Waals surface area contributed by atoms with E-state index in [1.807, 2.05) is 29.2 Å². The van der Waals surface area contributed by atoms with E-state index in [4.69, 9.17) is 14.7 Å². The summed E-state index contributed by atoms with van der Waals surface area (Å²) in [6.07, 6.45) is 2.89. The fourth-order valence-electron chi connectivity index (χ4n) is 3.22. The first kappa shape index (κ1) is 17.7. The fraction of sp³-hybridized carbons (Fsp3) is 0.579. The molecule has 1 aromatic carbocycles. The van der Waals surface area contributed by atoms with Gasteiger partial charge in [0.05, 0.1) is 12.2 Å². The summed E-state index contributed by atoms with van der Waals surface area (Å²) >= 11 is 0. The number of nitrogens with zero attached hydrogens (tertiary/aromatic N) is 3. The van der Waals surface area contributed by atoms with Crippen LogP contribution in [0.15, 0.2) is 24.3 Å². The predicted molar refractivity (Wildman–Crippen MR) is 93.5 cm³/mol. The van der Waals surface area contributed by atoms with Gasteiger partial charge in [-0.15, -0.1) is 0 Å². The summed E-state index contributed by atoms with van der Waals surface area (Å²) in [5.41, 5.74) is 0.690. The van der Waals surface area contributed by atoms with Crippen molar-refractivity contribution in [3.8, 4) is 11.8 Å². The van der Waals surface area contributed by atoms with Crippen LogP contribution in [0.3, 0.4) is 0 Å². The van der Waals surface area contributed by atoms with E-state index in [2.05, 4.69) is 11.0 Å². The first-order valence-corrected chi connectivity index (χ1v) is 8.99. The molecule has 1 aromatic rings. The predicted octanol–water partition coefficient (Wildman–Crippen LogP) is 1.92. The molecule has 1 amide bonds. The monoisotopic (exact) mass is 343 g/mol. The van der Waals surface area contributed by atoms with Gasteiger partial charge >= 0.3 is 0 Å². The molecule has 0 saturated carbocycles. The van der Waals surface area contributed by atoms with E-state index in [0.29, 0.717) is 31.7 Å². The Morgan fingerprint density at radius 3 is 2.64 bits per heavy atom. The van der Waals surface area contributed by atoms with Crippen LogP contribution in [0.1, 0.15) is 29.6 Å². The molecule has 6 heteroatoms. The van der Waals surface area contributed by atoms with Crippen molar-refractivity contribution < 1.29 is 14.3 Å². The number of rotatable bonds is 6. The Balaban J connectivity index is 1.46. The molecule has 134 valence electrons. The van der Waals surface area contributed by atoms with Gasteiger partial charge < -0.3 is 14.4 Å². The Kier molecular flexibility index (Phi) is 6.26. The van der Waals surface area contributed by atoms with E-state index in [0.717, 1.165) is 44.8 Å². The van der Waals surface area contributed by atoms with Crippen LogP contribution in [-0.2, 0) is 4.74 Å². The van der Waals surface area contributed by atoms with E-state index >= 15 is 0 Å². The Bertz CT molecular complexity index is 597. The Labute approximate surface area is 148 Å². The number of hydrogen-bond acceptors (Lipinski definition) is 5. The summed E-state index contributed by atoms with van der Waals surface area (Å²) in [5.74, 6) is 0.832. The van der Waals surface area contributed by atoms with Crippen molar-refractivity contribution in [2.45, 2.75) is 25.4 Å². The van der Waals surface area contributed by atoms with Gasteiger partial charge in [0, 0.05) is 51.3 Å². The van der Waals surface area contributed by atoms with Crippen molar-refractivity contribution in [1.29, 1.82) is 5.26 Å². The number of ether oxygens (including phenoxy) is 2. The van der Waals surface area contributed by atoms with Gasteiger partial charge in [0.1, 0.15) is 12.4 Å². The lowest BCUT2D eigenvalue weighted by molar-refractivity contribution is 0.0638. The SMILES string of the molecule is N#CCCN1CCN(C(=O)c2ccc(OCC3CCCO3)cc2)CC1. The van der Waals surface area contributed by atoms with Crippen LogP contribution < -0.4 is 4.74 Å². The Hall–Kier alpha value is -2.10. The maximum atomic E-state index is 12.6. The number of carbonyl (C=O) groups is 1. The van der Waals surface area contributed by atoms with Gasteiger partial charge in [-0.2, -0.15) is 5.26 Å². The van der Waals surface area contributed by atoms with Gasteiger partial charge in [0.25, 0.3) is 5.91 Å². The summed E-state index contributed by atoms with van der Waals surface area (Å²) in [5, 5.41) is 8.65. The average Bonchev–Trinajstić information content (AvgIpc) is 3.19. The minimum atomic E-state index is 0.0607. The van der Waals surface area contributed by atoms with Crippen LogP contribution in [-0.4, -0.2) is 67.7 Å². The van der Waals surface area contributed by atoms with Crippen molar-refractivity contribution in [1.82, 2.24) is 9.80 Å². The molecule has 3 rings (SSSR count). The Morgan fingerprint density at radius 2 is 2.00 bits per heavy atom. The number of carbonyl (C=O) groups excluding carboxylic acids is 1. The highest BCUT2D eigenvalue weighted by Crippen LogP contribution is 2.18. The van der Waals surface area contributed by atoms with Crippen molar-refractivity contribution in [3.05, 3.63) is 29.8 Å². The van der Waals surface area contributed by atoms with Crippen molar-refractivity contribution in [2.24, 2.45) is 0 Å². The molecular formula is C19H25N3O3. The number of hydrogen-bond donors (Lipinski definition) is 0. The maximum Gasteiger partial charge on any atom is 0.253 e. The summed E-state index contributed by atoms with van der Waals surface area (Å²) in [4.78, 5) is 16.7. The van der Waals surface area contributed by atoms with Crippen molar-refractivity contribution >= 4 is 5.91 Å². The van der Waals surface area contributed by atoms with Gasteiger partial charge in [0.15, 0.2) is 0 Å². The molecule has 0 bridgehead atoms. The largest absolute Gasteiger partial charge is 0.491 e. The molecular weight excluding hydrogens is 318 g/mol. The summed E-state index contributed by atoms with van der Waals surface area (Å²) < 4.78 is 11.3. The summed E-state index contributed by atoms with van der Waals surface area (Å²) in [6, 6.07) is 9.53. The van der Waals surface area contributed by atoms with E-state index in [1.165, 1.54) is 0 Å². The van der Waals surface area contributed by atoms with E-state index in [-0.39, 0.29) is 12.0 Å². The number of piperazine rings is 1. The molecule has 25 heavy (non-hydrogen) atoms. The molecule has 0 aliphatic carbocycles. The van der Waals surface area contributed by atoms with Gasteiger partial charge in [-0.1, -0.05) is 0 Å². The topological polar surface area (TPSA) is 65.8 Å². The number of amides is 1. The minimum Gasteiger partial charge on any atom is -0.491 e.